The van der Waals surface area contributed by atoms with Crippen LogP contribution in [-0.4, -0.2) is 36.8 Å². The van der Waals surface area contributed by atoms with Crippen LogP contribution >= 0.6 is 0 Å². The first kappa shape index (κ1) is 29.3. The molecule has 4 aromatic carbocycles. The highest BCUT2D eigenvalue weighted by Gasteiger charge is 2.68. The first-order valence-electron chi connectivity index (χ1n) is 16.3. The molecule has 45 heavy (non-hydrogen) atoms. The summed E-state index contributed by atoms with van der Waals surface area (Å²) in [5.74, 6) is 4.14. The van der Waals surface area contributed by atoms with Crippen molar-refractivity contribution in [1.29, 1.82) is 0 Å². The molecule has 0 amide bonds. The van der Waals surface area contributed by atoms with Gasteiger partial charge in [0.1, 0.15) is 17.9 Å². The number of ether oxygens (including phenoxy) is 1. The molecule has 2 aliphatic heterocycles. The van der Waals surface area contributed by atoms with E-state index in [1.807, 2.05) is 30.3 Å². The maximum Gasteiger partial charge on any atom is 0.576 e. The molecule has 0 spiro atoms. The summed E-state index contributed by atoms with van der Waals surface area (Å²) in [5, 5.41) is 5.65. The lowest BCUT2D eigenvalue weighted by molar-refractivity contribution is -0.858. The van der Waals surface area contributed by atoms with Crippen LogP contribution in [0.15, 0.2) is 132 Å². The molecule has 2 fully saturated rings. The molecule has 0 N–H and O–H groups in total. The van der Waals surface area contributed by atoms with Crippen molar-refractivity contribution >= 4 is 24.7 Å². The third kappa shape index (κ3) is 5.88. The van der Waals surface area contributed by atoms with E-state index >= 15 is 0 Å². The van der Waals surface area contributed by atoms with Gasteiger partial charge in [-0.25, -0.2) is 0 Å². The van der Waals surface area contributed by atoms with E-state index in [9.17, 15) is 0 Å². The molecule has 4 aromatic rings. The van der Waals surface area contributed by atoms with Gasteiger partial charge in [-0.15, -0.1) is 5.98 Å². The van der Waals surface area contributed by atoms with E-state index in [-0.39, 0.29) is 12.1 Å². The van der Waals surface area contributed by atoms with Gasteiger partial charge in [-0.05, 0) is 59.9 Å². The Labute approximate surface area is 267 Å². The summed E-state index contributed by atoms with van der Waals surface area (Å²) in [4.78, 5) is 0. The molecule has 1 saturated heterocycles. The molecule has 1 saturated carbocycles. The summed E-state index contributed by atoms with van der Waals surface area (Å²) < 4.78 is 20.3. The zero-order chi connectivity index (χ0) is 30.5. The fraction of sp³-hybridized carbons (Fsp3) is 0.256. The van der Waals surface area contributed by atoms with Crippen molar-refractivity contribution in [2.24, 2.45) is 11.0 Å². The van der Waals surface area contributed by atoms with Gasteiger partial charge in [0, 0.05) is 11.5 Å². The summed E-state index contributed by atoms with van der Waals surface area (Å²) in [6.07, 6.45) is 12.7. The van der Waals surface area contributed by atoms with Crippen LogP contribution in [0.25, 0.3) is 12.2 Å². The Hall–Kier alpha value is -4.39. The third-order valence-corrected chi connectivity index (χ3v) is 9.71. The van der Waals surface area contributed by atoms with Crippen LogP contribution in [0.5, 0.6) is 5.75 Å². The van der Waals surface area contributed by atoms with Crippen LogP contribution < -0.4 is 4.74 Å². The van der Waals surface area contributed by atoms with Crippen molar-refractivity contribution in [2.75, 3.05) is 13.7 Å². The van der Waals surface area contributed by atoms with Gasteiger partial charge < -0.3 is 18.5 Å². The van der Waals surface area contributed by atoms with Crippen molar-refractivity contribution in [2.45, 2.75) is 44.2 Å². The van der Waals surface area contributed by atoms with E-state index in [1.165, 1.54) is 32.1 Å². The molecule has 0 aromatic heterocycles. The van der Waals surface area contributed by atoms with Crippen molar-refractivity contribution in [3.8, 4) is 5.75 Å². The summed E-state index contributed by atoms with van der Waals surface area (Å²) in [6, 6.07) is 39.4. The number of rotatable bonds is 9. The normalized spacial score (nSPS) is 26.6. The van der Waals surface area contributed by atoms with Crippen LogP contribution in [0, 0.1) is 5.92 Å². The van der Waals surface area contributed by atoms with E-state index in [0.717, 1.165) is 34.5 Å². The number of methoxy groups -OCH3 is 1. The molecule has 2 heterocycles. The van der Waals surface area contributed by atoms with Gasteiger partial charge in [0.2, 0.25) is 5.90 Å². The molecule has 6 heteroatoms. The van der Waals surface area contributed by atoms with Crippen molar-refractivity contribution in [1.82, 2.24) is 0 Å². The molecule has 1 unspecified atom stereocenters. The maximum absolute atomic E-state index is 7.36. The van der Waals surface area contributed by atoms with Gasteiger partial charge in [0.15, 0.2) is 0 Å². The Kier molecular flexibility index (Phi) is 8.42. The van der Waals surface area contributed by atoms with Crippen LogP contribution in [0.2, 0.25) is 0 Å². The van der Waals surface area contributed by atoms with Crippen LogP contribution in [-0.2, 0) is 9.31 Å². The largest absolute Gasteiger partial charge is 0.619 e. The van der Waals surface area contributed by atoms with Crippen LogP contribution in [0.1, 0.15) is 60.5 Å². The highest BCUT2D eigenvalue weighted by atomic mass is 16.7. The van der Waals surface area contributed by atoms with Crippen molar-refractivity contribution < 1.29 is 18.5 Å². The van der Waals surface area contributed by atoms with Crippen LogP contribution in [0.4, 0.5) is 0 Å². The second kappa shape index (κ2) is 12.9. The predicted molar refractivity (Wildman–Crippen MR) is 183 cm³/mol. The SMILES string of the molecule is COc1ccc(C2=N[N@@+]3(CC4CCCCC4)[C@H](/C=C/c4ccccc4)[C@H](c4ccccc4)O[B-]3(/C=C/c3ccccc3)O2)cc1. The first-order valence-corrected chi connectivity index (χ1v) is 16.3. The Bertz CT molecular complexity index is 1650. The molecule has 0 radical (unpaired) electrons. The summed E-state index contributed by atoms with van der Waals surface area (Å²) >= 11 is 0. The van der Waals surface area contributed by atoms with Crippen molar-refractivity contribution in [3.63, 3.8) is 0 Å². The predicted octanol–water partition coefficient (Wildman–Crippen LogP) is 8.83. The molecule has 3 aliphatic rings. The minimum absolute atomic E-state index is 0.106. The van der Waals surface area contributed by atoms with Crippen molar-refractivity contribution in [3.05, 3.63) is 150 Å². The zero-order valence-electron chi connectivity index (χ0n) is 26.0. The van der Waals surface area contributed by atoms with Gasteiger partial charge >= 0.3 is 6.69 Å². The molecule has 4 atom stereocenters. The summed E-state index contributed by atoms with van der Waals surface area (Å²) in [7, 11) is 1.69. The molecule has 0 bridgehead atoms. The van der Waals surface area contributed by atoms with E-state index in [0.29, 0.717) is 16.3 Å². The molecule has 5 nitrogen and oxygen atoms in total. The highest BCUT2D eigenvalue weighted by molar-refractivity contribution is 6.69. The number of nitrogens with zero attached hydrogens (tertiary/aromatic N) is 2. The number of fused-ring (bicyclic) bond motifs is 1. The van der Waals surface area contributed by atoms with Gasteiger partial charge in [-0.2, -0.15) is 0 Å². The second-order valence-electron chi connectivity index (χ2n) is 12.6. The molecule has 1 aliphatic carbocycles. The van der Waals surface area contributed by atoms with Gasteiger partial charge in [0.05, 0.1) is 13.7 Å². The molecule has 7 rings (SSSR count). The Morgan fingerprint density at radius 3 is 2.04 bits per heavy atom. The number of quaternary nitrogens is 1. The Balaban J connectivity index is 1.42. The molecular weight excluding hydrogens is 555 g/mol. The number of hydrogen-bond donors (Lipinski definition) is 0. The minimum Gasteiger partial charge on any atom is -0.619 e. The van der Waals surface area contributed by atoms with E-state index in [4.69, 9.17) is 19.1 Å². The van der Waals surface area contributed by atoms with Gasteiger partial charge in [-0.1, -0.05) is 128 Å². The Morgan fingerprint density at radius 2 is 1.40 bits per heavy atom. The summed E-state index contributed by atoms with van der Waals surface area (Å²) in [6.45, 7) is -1.25. The lowest BCUT2D eigenvalue weighted by Crippen LogP contribution is -2.64. The maximum atomic E-state index is 7.36. The fourth-order valence-corrected chi connectivity index (χ4v) is 7.41. The monoisotopic (exact) mass is 596 g/mol. The molecule has 228 valence electrons. The van der Waals surface area contributed by atoms with E-state index < -0.39 is 6.69 Å². The number of hydrogen-bond acceptors (Lipinski definition) is 4. The number of benzene rings is 4. The molecular formula is C39H41BN2O3. The van der Waals surface area contributed by atoms with E-state index in [1.54, 1.807) is 7.11 Å². The topological polar surface area (TPSA) is 40.0 Å². The smallest absolute Gasteiger partial charge is 0.576 e. The highest BCUT2D eigenvalue weighted by Crippen LogP contribution is 2.52. The quantitative estimate of drug-likeness (QED) is 0.181. The average molecular weight is 597 g/mol. The third-order valence-electron chi connectivity index (χ3n) is 9.71. The average Bonchev–Trinajstić information content (AvgIpc) is 3.55. The lowest BCUT2D eigenvalue weighted by atomic mass is 9.66. The Morgan fingerprint density at radius 1 is 0.778 bits per heavy atom. The van der Waals surface area contributed by atoms with Crippen LogP contribution in [0.3, 0.4) is 0 Å². The zero-order valence-corrected chi connectivity index (χ0v) is 26.0. The van der Waals surface area contributed by atoms with Gasteiger partial charge in [-0.3, -0.25) is 0 Å². The fourth-order valence-electron chi connectivity index (χ4n) is 7.41. The minimum atomic E-state index is -2.10. The van der Waals surface area contributed by atoms with E-state index in [2.05, 4.69) is 109 Å². The lowest BCUT2D eigenvalue weighted by Gasteiger charge is -2.45. The second-order valence-corrected chi connectivity index (χ2v) is 12.6. The standard InChI is InChI=1S/C39H41BN2O3/c1-43-36-25-23-35(24-26-36)39-41-42(30-33-18-10-4-11-19-33)37(27-22-31-14-6-2-7-15-31)38(34-20-12-5-13-21-34)44-40(42,45-39)29-28-32-16-8-3-9-17-32/h2-3,5-9,12-17,20-29,33,37-38H,4,10-11,18-19,30H2,1H3/b27-22+,29-28+/t37-,38+,40?,42+/m1/s1. The summed E-state index contributed by atoms with van der Waals surface area (Å²) in [5.41, 5.74) is 4.32. The van der Waals surface area contributed by atoms with Gasteiger partial charge in [0.25, 0.3) is 0 Å². The first-order chi connectivity index (χ1) is 22.2.